The number of hydrogen-bond acceptors (Lipinski definition) is 8. The molecule has 0 unspecified atom stereocenters. The van der Waals surface area contributed by atoms with Crippen molar-refractivity contribution in [2.24, 2.45) is 0 Å². The maximum Gasteiger partial charge on any atom is 0.416 e. The second-order valence-electron chi connectivity index (χ2n) is 9.42. The summed E-state index contributed by atoms with van der Waals surface area (Å²) in [5, 5.41) is 5.91. The molecule has 2 aromatic carbocycles. The van der Waals surface area contributed by atoms with Crippen LogP contribution in [-0.4, -0.2) is 66.7 Å². The van der Waals surface area contributed by atoms with Crippen LogP contribution >= 0.6 is 11.6 Å². The summed E-state index contributed by atoms with van der Waals surface area (Å²) >= 11 is 6.32. The summed E-state index contributed by atoms with van der Waals surface area (Å²) in [6.45, 7) is 5.03. The molecule has 1 aromatic heterocycles. The third-order valence-electron chi connectivity index (χ3n) is 6.42. The molecule has 0 radical (unpaired) electrons. The van der Waals surface area contributed by atoms with Gasteiger partial charge in [0.25, 0.3) is 11.8 Å². The Hall–Kier alpha value is -3.77. The number of nitrogens with zero attached hydrogens (tertiary/aromatic N) is 4. The minimum Gasteiger partial charge on any atom is -0.480 e. The van der Waals surface area contributed by atoms with Gasteiger partial charge in [0.1, 0.15) is 18.2 Å². The van der Waals surface area contributed by atoms with Crippen LogP contribution in [0, 0.1) is 0 Å². The monoisotopic (exact) mass is 562 g/mol. The number of piperazine rings is 1. The lowest BCUT2D eigenvalue weighted by Crippen LogP contribution is -2.44. The zero-order valence-corrected chi connectivity index (χ0v) is 21.9. The zero-order chi connectivity index (χ0) is 27.7. The maximum atomic E-state index is 13.7. The van der Waals surface area contributed by atoms with E-state index in [1.165, 1.54) is 24.5 Å². The van der Waals surface area contributed by atoms with Gasteiger partial charge in [0.2, 0.25) is 5.75 Å². The molecule has 0 aliphatic carbocycles. The molecule has 2 N–H and O–H groups in total. The van der Waals surface area contributed by atoms with Gasteiger partial charge in [0.15, 0.2) is 5.82 Å². The number of ether oxygens (including phenoxy) is 2. The lowest BCUT2D eigenvalue weighted by molar-refractivity contribution is -0.137. The largest absolute Gasteiger partial charge is 0.480 e. The predicted molar refractivity (Wildman–Crippen MR) is 141 cm³/mol. The Morgan fingerprint density at radius 3 is 2.67 bits per heavy atom. The molecule has 3 aromatic rings. The van der Waals surface area contributed by atoms with E-state index in [-0.39, 0.29) is 34.0 Å². The van der Waals surface area contributed by atoms with Gasteiger partial charge in [0.05, 0.1) is 17.1 Å². The molecule has 5 rings (SSSR count). The van der Waals surface area contributed by atoms with E-state index < -0.39 is 17.6 Å². The van der Waals surface area contributed by atoms with E-state index >= 15 is 0 Å². The van der Waals surface area contributed by atoms with Gasteiger partial charge in [-0.15, -0.1) is 0 Å². The second-order valence-corrected chi connectivity index (χ2v) is 9.83. The van der Waals surface area contributed by atoms with Gasteiger partial charge in [-0.1, -0.05) is 11.6 Å². The molecular formula is C26H26ClF3N6O3. The van der Waals surface area contributed by atoms with Crippen molar-refractivity contribution in [3.8, 4) is 17.4 Å². The molecule has 39 heavy (non-hydrogen) atoms. The van der Waals surface area contributed by atoms with Crippen LogP contribution in [0.2, 0.25) is 5.02 Å². The standard InChI is InChI=1S/C26H26ClF3N6O3/c1-15-13-31-23-22(38-15)25(33-14-32-23)39-21-9-16(3-4-20(21)27)24(37)34-18-10-17(26(28,29)30)11-19(12-18)36-7-5-35(2)6-8-36/h3-4,9-12,14-15H,5-8,13H2,1-2H3,(H,34,37)(H,31,32,33)/t15-/m1/s1. The van der Waals surface area contributed by atoms with Gasteiger partial charge in [-0.05, 0) is 50.4 Å². The summed E-state index contributed by atoms with van der Waals surface area (Å²) in [5.41, 5.74) is -0.293. The molecule has 13 heteroatoms. The predicted octanol–water partition coefficient (Wildman–Crippen LogP) is 5.14. The van der Waals surface area contributed by atoms with Crippen molar-refractivity contribution >= 4 is 34.7 Å². The minimum absolute atomic E-state index is 0.0273. The molecule has 2 aliphatic heterocycles. The van der Waals surface area contributed by atoms with Crippen molar-refractivity contribution in [1.29, 1.82) is 0 Å². The van der Waals surface area contributed by atoms with Crippen molar-refractivity contribution < 1.29 is 27.4 Å². The van der Waals surface area contributed by atoms with Gasteiger partial charge in [0, 0.05) is 43.1 Å². The first-order valence-corrected chi connectivity index (χ1v) is 12.6. The Morgan fingerprint density at radius 1 is 1.15 bits per heavy atom. The topological polar surface area (TPSA) is 91.9 Å². The molecule has 1 saturated heterocycles. The molecule has 206 valence electrons. The number of halogens is 4. The maximum absolute atomic E-state index is 13.7. The third-order valence-corrected chi connectivity index (χ3v) is 6.73. The molecule has 3 heterocycles. The smallest absolute Gasteiger partial charge is 0.416 e. The lowest BCUT2D eigenvalue weighted by Gasteiger charge is -2.34. The Balaban J connectivity index is 1.39. The molecule has 1 atom stereocenters. The summed E-state index contributed by atoms with van der Waals surface area (Å²) in [4.78, 5) is 25.4. The highest BCUT2D eigenvalue weighted by atomic mass is 35.5. The number of amides is 1. The van der Waals surface area contributed by atoms with E-state index in [9.17, 15) is 18.0 Å². The van der Waals surface area contributed by atoms with Gasteiger partial charge in [-0.25, -0.2) is 4.98 Å². The van der Waals surface area contributed by atoms with Crippen molar-refractivity contribution in [3.05, 3.63) is 58.9 Å². The van der Waals surface area contributed by atoms with Crippen LogP contribution in [0.1, 0.15) is 22.8 Å². The normalized spacial score (nSPS) is 17.6. The molecule has 9 nitrogen and oxygen atoms in total. The summed E-state index contributed by atoms with van der Waals surface area (Å²) in [5.74, 6) is 0.366. The van der Waals surface area contributed by atoms with Crippen LogP contribution in [0.5, 0.6) is 17.4 Å². The van der Waals surface area contributed by atoms with Crippen molar-refractivity contribution in [3.63, 3.8) is 0 Å². The van der Waals surface area contributed by atoms with Crippen molar-refractivity contribution in [2.75, 3.05) is 55.3 Å². The van der Waals surface area contributed by atoms with Crippen molar-refractivity contribution in [1.82, 2.24) is 14.9 Å². The summed E-state index contributed by atoms with van der Waals surface area (Å²) < 4.78 is 52.8. The highest BCUT2D eigenvalue weighted by molar-refractivity contribution is 6.32. The van der Waals surface area contributed by atoms with Gasteiger partial charge >= 0.3 is 6.18 Å². The van der Waals surface area contributed by atoms with E-state index in [0.29, 0.717) is 36.9 Å². The third kappa shape index (κ3) is 6.12. The van der Waals surface area contributed by atoms with E-state index in [1.807, 2.05) is 18.9 Å². The Labute approximate surface area is 227 Å². The quantitative estimate of drug-likeness (QED) is 0.442. The molecule has 2 aliphatic rings. The molecule has 0 bridgehead atoms. The Morgan fingerprint density at radius 2 is 1.92 bits per heavy atom. The van der Waals surface area contributed by atoms with Crippen LogP contribution in [0.15, 0.2) is 42.7 Å². The van der Waals surface area contributed by atoms with Crippen LogP contribution in [0.3, 0.4) is 0 Å². The minimum atomic E-state index is -4.57. The van der Waals surface area contributed by atoms with E-state index in [1.54, 1.807) is 6.07 Å². The van der Waals surface area contributed by atoms with Crippen LogP contribution < -0.4 is 25.0 Å². The highest BCUT2D eigenvalue weighted by Gasteiger charge is 2.32. The summed E-state index contributed by atoms with van der Waals surface area (Å²) in [7, 11) is 1.96. The number of anilines is 3. The van der Waals surface area contributed by atoms with Gasteiger partial charge < -0.3 is 29.9 Å². The molecule has 0 spiro atoms. The van der Waals surface area contributed by atoms with Crippen LogP contribution in [0.4, 0.5) is 30.4 Å². The summed E-state index contributed by atoms with van der Waals surface area (Å²) in [6.07, 6.45) is -3.42. The fourth-order valence-corrected chi connectivity index (χ4v) is 4.43. The first kappa shape index (κ1) is 26.8. The molecule has 1 amide bonds. The van der Waals surface area contributed by atoms with E-state index in [0.717, 1.165) is 25.2 Å². The number of carbonyl (C=O) groups is 1. The van der Waals surface area contributed by atoms with Gasteiger partial charge in [-0.2, -0.15) is 18.2 Å². The molecule has 1 fully saturated rings. The first-order chi connectivity index (χ1) is 18.6. The van der Waals surface area contributed by atoms with E-state index in [2.05, 4.69) is 25.5 Å². The fraction of sp³-hybridized carbons (Fsp3) is 0.346. The van der Waals surface area contributed by atoms with Crippen LogP contribution in [-0.2, 0) is 6.18 Å². The number of fused-ring (bicyclic) bond motifs is 1. The lowest BCUT2D eigenvalue weighted by atomic mass is 10.1. The number of benzene rings is 2. The van der Waals surface area contributed by atoms with E-state index in [4.69, 9.17) is 21.1 Å². The van der Waals surface area contributed by atoms with Crippen LogP contribution in [0.25, 0.3) is 0 Å². The number of rotatable bonds is 5. The fourth-order valence-electron chi connectivity index (χ4n) is 4.27. The molecule has 0 saturated carbocycles. The number of aromatic nitrogens is 2. The Kier molecular flexibility index (Phi) is 7.41. The van der Waals surface area contributed by atoms with Crippen molar-refractivity contribution in [2.45, 2.75) is 19.2 Å². The molecular weight excluding hydrogens is 537 g/mol. The average Bonchev–Trinajstić information content (AvgIpc) is 2.90. The highest BCUT2D eigenvalue weighted by Crippen LogP contribution is 2.40. The number of likely N-dealkylation sites (N-methyl/N-ethyl adjacent to an activating group) is 1. The first-order valence-electron chi connectivity index (χ1n) is 12.3. The number of hydrogen-bond donors (Lipinski definition) is 2. The Bertz CT molecular complexity index is 1380. The average molecular weight is 563 g/mol. The second kappa shape index (κ2) is 10.8. The zero-order valence-electron chi connectivity index (χ0n) is 21.2. The number of nitrogens with one attached hydrogen (secondary N) is 2. The SMILES string of the molecule is C[C@@H]1CNc2ncnc(Oc3cc(C(=O)Nc4cc(N5CCN(C)CC5)cc(C(F)(F)F)c4)ccc3Cl)c2O1. The van der Waals surface area contributed by atoms with Gasteiger partial charge in [-0.3, -0.25) is 4.79 Å². The number of carbonyl (C=O) groups excluding carboxylic acids is 1. The summed E-state index contributed by atoms with van der Waals surface area (Å²) in [6, 6.07) is 7.88. The number of alkyl halides is 3.